The largest absolute Gasteiger partial charge is 0.322 e. The lowest BCUT2D eigenvalue weighted by Crippen LogP contribution is -2.16. The van der Waals surface area contributed by atoms with Gasteiger partial charge in [-0.15, -0.1) is 0 Å². The van der Waals surface area contributed by atoms with Crippen molar-refractivity contribution in [3.8, 4) is 0 Å². The molecule has 0 aliphatic carbocycles. The van der Waals surface area contributed by atoms with Gasteiger partial charge in [0.15, 0.2) is 0 Å². The van der Waals surface area contributed by atoms with Crippen molar-refractivity contribution in [2.24, 2.45) is 0 Å². The molecule has 0 aliphatic rings. The lowest BCUT2D eigenvalue weighted by molar-refractivity contribution is 0.102. The molecule has 4 aromatic carbocycles. The van der Waals surface area contributed by atoms with Crippen LogP contribution in [0.3, 0.4) is 0 Å². The summed E-state index contributed by atoms with van der Waals surface area (Å²) >= 11 is 6.25. The van der Waals surface area contributed by atoms with Gasteiger partial charge in [-0.05, 0) is 79.6 Å². The highest BCUT2D eigenvalue weighted by molar-refractivity contribution is 7.93. The quantitative estimate of drug-likeness (QED) is 0.247. The molecule has 196 valence electrons. The normalized spacial score (nSPS) is 11.6. The van der Waals surface area contributed by atoms with Gasteiger partial charge in [0, 0.05) is 11.3 Å². The van der Waals surface area contributed by atoms with E-state index in [-0.39, 0.29) is 26.1 Å². The lowest BCUT2D eigenvalue weighted by atomic mass is 10.1. The number of hydrogen-bond donors (Lipinski definition) is 3. The molecule has 0 heterocycles. The molecular formula is C27H24ClN3O5S2. The van der Waals surface area contributed by atoms with Crippen LogP contribution in [-0.2, 0) is 20.0 Å². The first-order chi connectivity index (χ1) is 18.0. The molecule has 3 N–H and O–H groups in total. The monoisotopic (exact) mass is 569 g/mol. The second-order valence-electron chi connectivity index (χ2n) is 8.46. The second-order valence-corrected chi connectivity index (χ2v) is 12.2. The van der Waals surface area contributed by atoms with Crippen LogP contribution in [0.25, 0.3) is 0 Å². The number of carbonyl (C=O) groups is 1. The van der Waals surface area contributed by atoms with Gasteiger partial charge in [-0.1, -0.05) is 48.0 Å². The SMILES string of the molecule is Cc1cccc(C)c1NS(=O)(=O)c1ccc(NC(=O)c2ccc(NS(=O)(=O)c3ccccc3)c(Cl)c2)cc1. The van der Waals surface area contributed by atoms with Gasteiger partial charge in [-0.25, -0.2) is 16.8 Å². The van der Waals surface area contributed by atoms with Gasteiger partial charge in [0.25, 0.3) is 26.0 Å². The number of sulfonamides is 2. The van der Waals surface area contributed by atoms with Gasteiger partial charge < -0.3 is 5.32 Å². The Morgan fingerprint density at radius 1 is 0.684 bits per heavy atom. The van der Waals surface area contributed by atoms with E-state index in [9.17, 15) is 21.6 Å². The van der Waals surface area contributed by atoms with E-state index in [1.165, 1.54) is 54.6 Å². The fourth-order valence-electron chi connectivity index (χ4n) is 3.63. The van der Waals surface area contributed by atoms with E-state index in [0.29, 0.717) is 11.4 Å². The van der Waals surface area contributed by atoms with Crippen LogP contribution in [0.5, 0.6) is 0 Å². The Balaban J connectivity index is 1.45. The molecule has 4 rings (SSSR count). The van der Waals surface area contributed by atoms with Crippen LogP contribution in [0.4, 0.5) is 17.1 Å². The zero-order chi connectivity index (χ0) is 27.5. The smallest absolute Gasteiger partial charge is 0.261 e. The molecule has 11 heteroatoms. The van der Waals surface area contributed by atoms with Gasteiger partial charge in [-0.3, -0.25) is 14.2 Å². The third-order valence-corrected chi connectivity index (χ3v) is 8.73. The average molecular weight is 570 g/mol. The maximum atomic E-state index is 12.9. The van der Waals surface area contributed by atoms with Gasteiger partial charge >= 0.3 is 0 Å². The molecule has 0 fully saturated rings. The van der Waals surface area contributed by atoms with Crippen LogP contribution < -0.4 is 14.8 Å². The van der Waals surface area contributed by atoms with Crippen molar-refractivity contribution in [2.45, 2.75) is 23.6 Å². The average Bonchev–Trinajstić information content (AvgIpc) is 2.88. The summed E-state index contributed by atoms with van der Waals surface area (Å²) < 4.78 is 55.8. The number of carbonyl (C=O) groups excluding carboxylic acids is 1. The summed E-state index contributed by atoms with van der Waals surface area (Å²) in [4.78, 5) is 12.9. The van der Waals surface area contributed by atoms with Crippen LogP contribution >= 0.6 is 11.6 Å². The second kappa shape index (κ2) is 10.9. The summed E-state index contributed by atoms with van der Waals surface area (Å²) in [6.07, 6.45) is 0. The summed E-state index contributed by atoms with van der Waals surface area (Å²) in [5, 5.41) is 2.71. The van der Waals surface area contributed by atoms with E-state index < -0.39 is 26.0 Å². The third kappa shape index (κ3) is 6.16. The molecule has 0 saturated heterocycles. The highest BCUT2D eigenvalue weighted by atomic mass is 35.5. The molecule has 38 heavy (non-hydrogen) atoms. The maximum Gasteiger partial charge on any atom is 0.261 e. The first kappa shape index (κ1) is 27.2. The number of hydrogen-bond acceptors (Lipinski definition) is 5. The summed E-state index contributed by atoms with van der Waals surface area (Å²) in [5.41, 5.74) is 2.80. The predicted molar refractivity (Wildman–Crippen MR) is 150 cm³/mol. The Morgan fingerprint density at radius 2 is 1.26 bits per heavy atom. The molecule has 0 unspecified atom stereocenters. The first-order valence-electron chi connectivity index (χ1n) is 11.3. The molecule has 1 amide bonds. The minimum Gasteiger partial charge on any atom is -0.322 e. The van der Waals surface area contributed by atoms with Crippen LogP contribution in [0, 0.1) is 13.8 Å². The molecular weight excluding hydrogens is 546 g/mol. The molecule has 0 spiro atoms. The maximum absolute atomic E-state index is 12.9. The van der Waals surface area contributed by atoms with Crippen molar-refractivity contribution in [1.82, 2.24) is 0 Å². The molecule has 0 bridgehead atoms. The highest BCUT2D eigenvalue weighted by Gasteiger charge is 2.18. The summed E-state index contributed by atoms with van der Waals surface area (Å²) in [6, 6.07) is 23.2. The van der Waals surface area contributed by atoms with Crippen LogP contribution in [-0.4, -0.2) is 22.7 Å². The van der Waals surface area contributed by atoms with Crippen LogP contribution in [0.2, 0.25) is 5.02 Å². The molecule has 0 aliphatic heterocycles. The molecule has 0 radical (unpaired) electrons. The van der Waals surface area contributed by atoms with Crippen molar-refractivity contribution in [2.75, 3.05) is 14.8 Å². The molecule has 0 atom stereocenters. The fourth-order valence-corrected chi connectivity index (χ4v) is 6.22. The van der Waals surface area contributed by atoms with E-state index in [1.54, 1.807) is 18.2 Å². The number of nitrogens with one attached hydrogen (secondary N) is 3. The Kier molecular flexibility index (Phi) is 7.77. The molecule has 4 aromatic rings. The van der Waals surface area contributed by atoms with E-state index in [0.717, 1.165) is 11.1 Å². The zero-order valence-corrected chi connectivity index (χ0v) is 22.8. The van der Waals surface area contributed by atoms with Gasteiger partial charge in [0.2, 0.25) is 0 Å². The van der Waals surface area contributed by atoms with Crippen molar-refractivity contribution in [3.63, 3.8) is 0 Å². The minimum atomic E-state index is -3.85. The molecule has 0 aromatic heterocycles. The Hall–Kier alpha value is -3.86. The Labute approximate surface area is 226 Å². The predicted octanol–water partition coefficient (Wildman–Crippen LogP) is 5.81. The van der Waals surface area contributed by atoms with Gasteiger partial charge in [0.1, 0.15) is 0 Å². The Morgan fingerprint density at radius 3 is 1.87 bits per heavy atom. The number of rotatable bonds is 8. The molecule has 0 saturated carbocycles. The van der Waals surface area contributed by atoms with Crippen LogP contribution in [0.15, 0.2) is 101 Å². The van der Waals surface area contributed by atoms with Crippen molar-refractivity contribution < 1.29 is 21.6 Å². The summed E-state index contributed by atoms with van der Waals surface area (Å²) in [7, 11) is -7.69. The van der Waals surface area contributed by atoms with E-state index in [1.807, 2.05) is 32.0 Å². The summed E-state index contributed by atoms with van der Waals surface area (Å²) in [6.45, 7) is 3.64. The number of amides is 1. The summed E-state index contributed by atoms with van der Waals surface area (Å²) in [5.74, 6) is -0.506. The highest BCUT2D eigenvalue weighted by Crippen LogP contribution is 2.27. The number of para-hydroxylation sites is 1. The van der Waals surface area contributed by atoms with E-state index >= 15 is 0 Å². The minimum absolute atomic E-state index is 0.0381. The topological polar surface area (TPSA) is 121 Å². The zero-order valence-electron chi connectivity index (χ0n) is 20.4. The number of halogens is 1. The number of benzene rings is 4. The van der Waals surface area contributed by atoms with Crippen LogP contribution in [0.1, 0.15) is 21.5 Å². The fraction of sp³-hybridized carbons (Fsp3) is 0.0741. The number of aryl methyl sites for hydroxylation is 2. The van der Waals surface area contributed by atoms with Gasteiger partial charge in [-0.2, -0.15) is 0 Å². The molecule has 8 nitrogen and oxygen atoms in total. The Bertz CT molecular complexity index is 1690. The van der Waals surface area contributed by atoms with Crippen molar-refractivity contribution in [1.29, 1.82) is 0 Å². The van der Waals surface area contributed by atoms with Crippen molar-refractivity contribution >= 4 is 54.6 Å². The van der Waals surface area contributed by atoms with Gasteiger partial charge in [0.05, 0.1) is 26.2 Å². The number of anilines is 3. The van der Waals surface area contributed by atoms with E-state index in [4.69, 9.17) is 11.6 Å². The third-order valence-electron chi connectivity index (χ3n) is 5.67. The van der Waals surface area contributed by atoms with Crippen molar-refractivity contribution in [3.05, 3.63) is 113 Å². The standard InChI is InChI=1S/C27H24ClN3O5S2/c1-18-7-6-8-19(2)26(18)31-38(35,36)23-14-12-21(13-15-23)29-27(32)20-11-16-25(24(28)17-20)30-37(33,34)22-9-4-3-5-10-22/h3-17,30-31H,1-2H3,(H,29,32). The van der Waals surface area contributed by atoms with E-state index in [2.05, 4.69) is 14.8 Å². The first-order valence-corrected chi connectivity index (χ1v) is 14.7. The lowest BCUT2D eigenvalue weighted by Gasteiger charge is -2.14.